The first kappa shape index (κ1) is 15.7. The predicted octanol–water partition coefficient (Wildman–Crippen LogP) is 2.89. The van der Waals surface area contributed by atoms with Crippen LogP contribution in [-0.4, -0.2) is 38.8 Å². The average molecular weight is 322 g/mol. The van der Waals surface area contributed by atoms with Crippen molar-refractivity contribution in [1.82, 2.24) is 14.3 Å². The molecule has 2 heterocycles. The van der Waals surface area contributed by atoms with Crippen molar-refractivity contribution in [3.05, 3.63) is 5.82 Å². The highest BCUT2D eigenvalue weighted by Crippen LogP contribution is 2.47. The van der Waals surface area contributed by atoms with Gasteiger partial charge in [-0.05, 0) is 12.8 Å². The number of fused-ring (bicyclic) bond motifs is 1. The van der Waals surface area contributed by atoms with E-state index in [1.54, 1.807) is 0 Å². The van der Waals surface area contributed by atoms with Gasteiger partial charge in [0.1, 0.15) is 5.82 Å². The fraction of sp³-hybridized carbons (Fsp3) is 0.812. The zero-order valence-electron chi connectivity index (χ0n) is 14.1. The Kier molecular flexibility index (Phi) is 3.70. The van der Waals surface area contributed by atoms with Crippen LogP contribution >= 0.6 is 11.5 Å². The summed E-state index contributed by atoms with van der Waals surface area (Å²) in [5, 5.41) is 4.52. The quantitative estimate of drug-likeness (QED) is 0.929. The molecule has 122 valence electrons. The molecule has 3 rings (SSSR count). The highest BCUT2D eigenvalue weighted by atomic mass is 32.1. The van der Waals surface area contributed by atoms with Crippen molar-refractivity contribution in [1.29, 1.82) is 0 Å². The van der Waals surface area contributed by atoms with Crippen molar-refractivity contribution in [3.63, 3.8) is 0 Å². The van der Waals surface area contributed by atoms with E-state index in [-0.39, 0.29) is 22.8 Å². The topological polar surface area (TPSA) is 58.1 Å². The molecule has 5 nitrogen and oxygen atoms in total. The van der Waals surface area contributed by atoms with E-state index < -0.39 is 0 Å². The Bertz CT molecular complexity index is 577. The van der Waals surface area contributed by atoms with Gasteiger partial charge >= 0.3 is 0 Å². The van der Waals surface area contributed by atoms with Gasteiger partial charge in [-0.25, -0.2) is 4.98 Å². The molecule has 1 aliphatic carbocycles. The largest absolute Gasteiger partial charge is 0.353 e. The lowest BCUT2D eigenvalue weighted by Gasteiger charge is -2.44. The molecule has 1 aromatic heterocycles. The van der Waals surface area contributed by atoms with E-state index >= 15 is 0 Å². The second kappa shape index (κ2) is 5.18. The molecule has 1 saturated heterocycles. The fourth-order valence-corrected chi connectivity index (χ4v) is 4.24. The van der Waals surface area contributed by atoms with Crippen molar-refractivity contribution in [2.75, 3.05) is 18.4 Å². The van der Waals surface area contributed by atoms with Gasteiger partial charge in [0, 0.05) is 41.9 Å². The molecule has 1 saturated carbocycles. The number of nitrogens with zero attached hydrogens (tertiary/aromatic N) is 3. The van der Waals surface area contributed by atoms with E-state index in [1.165, 1.54) is 18.0 Å². The summed E-state index contributed by atoms with van der Waals surface area (Å²) < 4.78 is 4.48. The summed E-state index contributed by atoms with van der Waals surface area (Å²) in [5.41, 5.74) is 0.00166. The lowest BCUT2D eigenvalue weighted by Crippen LogP contribution is -2.53. The van der Waals surface area contributed by atoms with Gasteiger partial charge < -0.3 is 10.2 Å². The summed E-state index contributed by atoms with van der Waals surface area (Å²) in [6.45, 7) is 12.0. The van der Waals surface area contributed by atoms with E-state index in [1.807, 2.05) is 18.7 Å². The molecular formula is C16H26N4OS. The standard InChI is InChI=1S/C16H26N4OS/c1-10(2)12(21)20-8-11-6-7-16(11,9-20)18-14-17-13(19-22-14)15(3,4)5/h10-11H,6-9H2,1-5H3,(H,17,18,19). The Hall–Kier alpha value is -1.17. The Balaban J connectivity index is 1.72. The van der Waals surface area contributed by atoms with Crippen LogP contribution in [0.1, 0.15) is 53.3 Å². The van der Waals surface area contributed by atoms with Crippen molar-refractivity contribution in [2.24, 2.45) is 11.8 Å². The fourth-order valence-electron chi connectivity index (χ4n) is 3.37. The van der Waals surface area contributed by atoms with Gasteiger partial charge in [0.25, 0.3) is 0 Å². The minimum Gasteiger partial charge on any atom is -0.353 e. The Morgan fingerprint density at radius 1 is 1.45 bits per heavy atom. The lowest BCUT2D eigenvalue weighted by atomic mass is 9.69. The average Bonchev–Trinajstić information content (AvgIpc) is 2.96. The third-order valence-corrected chi connectivity index (χ3v) is 5.52. The van der Waals surface area contributed by atoms with Crippen LogP contribution in [0.2, 0.25) is 0 Å². The second-order valence-electron chi connectivity index (χ2n) is 8.06. The van der Waals surface area contributed by atoms with E-state index in [2.05, 4.69) is 35.4 Å². The van der Waals surface area contributed by atoms with Crippen molar-refractivity contribution < 1.29 is 4.79 Å². The minimum atomic E-state index is -0.0254. The van der Waals surface area contributed by atoms with Crippen LogP contribution in [0, 0.1) is 11.8 Å². The van der Waals surface area contributed by atoms with Gasteiger partial charge in [-0.3, -0.25) is 4.79 Å². The van der Waals surface area contributed by atoms with Crippen LogP contribution in [-0.2, 0) is 10.2 Å². The zero-order chi connectivity index (χ0) is 16.1. The highest BCUT2D eigenvalue weighted by molar-refractivity contribution is 7.09. The van der Waals surface area contributed by atoms with Crippen molar-refractivity contribution >= 4 is 22.6 Å². The van der Waals surface area contributed by atoms with Gasteiger partial charge in [0.05, 0.1) is 5.54 Å². The molecule has 0 bridgehead atoms. The van der Waals surface area contributed by atoms with Crippen LogP contribution in [0.15, 0.2) is 0 Å². The molecule has 0 aromatic carbocycles. The maximum atomic E-state index is 12.3. The number of amides is 1. The molecule has 0 radical (unpaired) electrons. The smallest absolute Gasteiger partial charge is 0.225 e. The number of carbonyl (C=O) groups is 1. The first-order chi connectivity index (χ1) is 10.2. The number of nitrogens with one attached hydrogen (secondary N) is 1. The lowest BCUT2D eigenvalue weighted by molar-refractivity contribution is -0.133. The molecule has 2 atom stereocenters. The molecule has 1 N–H and O–H groups in total. The first-order valence-corrected chi connectivity index (χ1v) is 8.90. The molecule has 1 aliphatic heterocycles. The SMILES string of the molecule is CC(C)C(=O)N1CC2CCC2(Nc2nc(C(C)(C)C)ns2)C1. The van der Waals surface area contributed by atoms with Crippen LogP contribution in [0.5, 0.6) is 0 Å². The summed E-state index contributed by atoms with van der Waals surface area (Å²) in [5.74, 6) is 1.78. The molecule has 2 aliphatic rings. The number of rotatable bonds is 3. The number of hydrogen-bond acceptors (Lipinski definition) is 5. The first-order valence-electron chi connectivity index (χ1n) is 8.12. The summed E-state index contributed by atoms with van der Waals surface area (Å²) >= 11 is 1.44. The summed E-state index contributed by atoms with van der Waals surface area (Å²) in [4.78, 5) is 19.0. The Morgan fingerprint density at radius 2 is 2.18 bits per heavy atom. The number of anilines is 1. The molecule has 22 heavy (non-hydrogen) atoms. The van der Waals surface area contributed by atoms with Gasteiger partial charge in [-0.15, -0.1) is 0 Å². The van der Waals surface area contributed by atoms with Crippen molar-refractivity contribution in [2.45, 2.75) is 58.4 Å². The maximum Gasteiger partial charge on any atom is 0.225 e. The van der Waals surface area contributed by atoms with Crippen LogP contribution < -0.4 is 5.32 Å². The minimum absolute atomic E-state index is 0.0254. The van der Waals surface area contributed by atoms with E-state index in [0.29, 0.717) is 5.92 Å². The normalized spacial score (nSPS) is 27.7. The summed E-state index contributed by atoms with van der Waals surface area (Å²) in [7, 11) is 0. The highest BCUT2D eigenvalue weighted by Gasteiger charge is 2.54. The monoisotopic (exact) mass is 322 g/mol. The van der Waals surface area contributed by atoms with Crippen molar-refractivity contribution in [3.8, 4) is 0 Å². The van der Waals surface area contributed by atoms with Crippen LogP contribution in [0.3, 0.4) is 0 Å². The predicted molar refractivity (Wildman–Crippen MR) is 89.1 cm³/mol. The van der Waals surface area contributed by atoms with Gasteiger partial charge in [-0.2, -0.15) is 4.37 Å². The maximum absolute atomic E-state index is 12.3. The van der Waals surface area contributed by atoms with E-state index in [9.17, 15) is 4.79 Å². The molecule has 6 heteroatoms. The van der Waals surface area contributed by atoms with Gasteiger partial charge in [-0.1, -0.05) is 34.6 Å². The third kappa shape index (κ3) is 2.62. The number of carbonyl (C=O) groups excluding carboxylic acids is 1. The number of hydrogen-bond donors (Lipinski definition) is 1. The molecule has 2 unspecified atom stereocenters. The Labute approximate surface area is 136 Å². The number of likely N-dealkylation sites (tertiary alicyclic amines) is 1. The summed E-state index contributed by atoms with van der Waals surface area (Å²) in [6, 6.07) is 0. The molecule has 2 fully saturated rings. The molecule has 0 spiro atoms. The Morgan fingerprint density at radius 3 is 2.68 bits per heavy atom. The van der Waals surface area contributed by atoms with E-state index in [4.69, 9.17) is 0 Å². The number of aromatic nitrogens is 2. The van der Waals surface area contributed by atoms with E-state index in [0.717, 1.165) is 30.5 Å². The molecule has 1 aromatic rings. The van der Waals surface area contributed by atoms with Crippen LogP contribution in [0.25, 0.3) is 0 Å². The molecule has 1 amide bonds. The second-order valence-corrected chi connectivity index (χ2v) is 8.82. The van der Waals surface area contributed by atoms with Crippen LogP contribution in [0.4, 0.5) is 5.13 Å². The van der Waals surface area contributed by atoms with Gasteiger partial charge in [0.2, 0.25) is 11.0 Å². The van der Waals surface area contributed by atoms with Gasteiger partial charge in [0.15, 0.2) is 0 Å². The molecular weight excluding hydrogens is 296 g/mol. The zero-order valence-corrected chi connectivity index (χ0v) is 15.0. The summed E-state index contributed by atoms with van der Waals surface area (Å²) in [6.07, 6.45) is 2.31. The third-order valence-electron chi connectivity index (χ3n) is 4.89.